The average Bonchev–Trinajstić information content (AvgIpc) is 2.18. The predicted octanol–water partition coefficient (Wildman–Crippen LogP) is 4.52. The van der Waals surface area contributed by atoms with Crippen LogP contribution in [0.5, 0.6) is 0 Å². The molecule has 0 radical (unpaired) electrons. The minimum Gasteiger partial charge on any atom is -0.430 e. The maximum atomic E-state index is 11.3. The molecule has 0 atom stereocenters. The van der Waals surface area contributed by atoms with Crippen LogP contribution in [0.4, 0.5) is 4.79 Å². The van der Waals surface area contributed by atoms with Crippen molar-refractivity contribution in [3.05, 3.63) is 12.2 Å². The Morgan fingerprint density at radius 2 is 1.50 bits per heavy atom. The molecule has 0 spiro atoms. The molecule has 0 aliphatic rings. The van der Waals surface area contributed by atoms with Crippen molar-refractivity contribution in [1.29, 1.82) is 0 Å². The van der Waals surface area contributed by atoms with Crippen LogP contribution < -0.4 is 0 Å². The Labute approximate surface area is 124 Å². The quantitative estimate of drug-likeness (QED) is 0.425. The van der Waals surface area contributed by atoms with Crippen molar-refractivity contribution < 1.29 is 18.7 Å². The fraction of sp³-hybridized carbons (Fsp3) is 0.800. The smallest absolute Gasteiger partial charge is 0.430 e. The first-order valence-electron chi connectivity index (χ1n) is 7.00. The first kappa shape index (κ1) is 19.2. The van der Waals surface area contributed by atoms with Crippen molar-refractivity contribution in [3.63, 3.8) is 0 Å². The molecular weight excluding hydrogens is 272 g/mol. The largest absolute Gasteiger partial charge is 0.509 e. The molecule has 0 saturated heterocycles. The molecule has 5 heteroatoms. The summed E-state index contributed by atoms with van der Waals surface area (Å²) in [5, 5.41) is 0.202. The van der Waals surface area contributed by atoms with Gasteiger partial charge in [-0.2, -0.15) is 0 Å². The van der Waals surface area contributed by atoms with E-state index in [9.17, 15) is 4.79 Å². The molecule has 0 N–H and O–H groups in total. The van der Waals surface area contributed by atoms with E-state index in [-0.39, 0.29) is 11.6 Å². The van der Waals surface area contributed by atoms with E-state index in [4.69, 9.17) is 13.9 Å². The third-order valence-corrected chi connectivity index (χ3v) is 7.70. The van der Waals surface area contributed by atoms with Gasteiger partial charge in [-0.3, -0.25) is 0 Å². The van der Waals surface area contributed by atoms with E-state index in [0.717, 1.165) is 0 Å². The molecule has 0 aliphatic carbocycles. The predicted molar refractivity (Wildman–Crippen MR) is 84.5 cm³/mol. The van der Waals surface area contributed by atoms with Crippen LogP contribution in [0.15, 0.2) is 12.2 Å². The molecule has 118 valence electrons. The molecule has 0 aliphatic heterocycles. The highest BCUT2D eigenvalue weighted by Gasteiger charge is 2.36. The Morgan fingerprint density at radius 1 is 1.00 bits per heavy atom. The fourth-order valence-corrected chi connectivity index (χ4v) is 1.95. The van der Waals surface area contributed by atoms with Crippen molar-refractivity contribution in [3.8, 4) is 0 Å². The lowest BCUT2D eigenvalue weighted by atomic mass is 10.2. The summed E-state index contributed by atoms with van der Waals surface area (Å²) in [6.45, 7) is 17.2. The average molecular weight is 302 g/mol. The number of hydrogen-bond donors (Lipinski definition) is 0. The van der Waals surface area contributed by atoms with Gasteiger partial charge in [0.1, 0.15) is 12.2 Å². The van der Waals surface area contributed by atoms with Gasteiger partial charge in [0, 0.05) is 0 Å². The van der Waals surface area contributed by atoms with E-state index in [1.54, 1.807) is 26.8 Å². The first-order valence-corrected chi connectivity index (χ1v) is 9.91. The molecule has 0 aromatic rings. The summed E-state index contributed by atoms with van der Waals surface area (Å²) in [6.07, 6.45) is 3.01. The zero-order valence-corrected chi connectivity index (χ0v) is 15.2. The SMILES string of the molecule is CC(C)(C)OC(=O)OC/C=C\CO[Si](C)(C)C(C)(C)C. The lowest BCUT2D eigenvalue weighted by Gasteiger charge is -2.35. The molecule has 0 bridgehead atoms. The second-order valence-corrected chi connectivity index (χ2v) is 12.1. The van der Waals surface area contributed by atoms with Crippen LogP contribution in [0.1, 0.15) is 41.5 Å². The zero-order chi connectivity index (χ0) is 16.0. The summed E-state index contributed by atoms with van der Waals surface area (Å²) in [5.74, 6) is 0. The van der Waals surface area contributed by atoms with Crippen LogP contribution in [-0.4, -0.2) is 33.3 Å². The number of rotatable bonds is 5. The van der Waals surface area contributed by atoms with Crippen LogP contribution in [0, 0.1) is 0 Å². The second-order valence-electron chi connectivity index (χ2n) is 7.32. The molecule has 0 aromatic heterocycles. The van der Waals surface area contributed by atoms with Crippen LogP contribution in [-0.2, 0) is 13.9 Å². The van der Waals surface area contributed by atoms with Gasteiger partial charge < -0.3 is 13.9 Å². The summed E-state index contributed by atoms with van der Waals surface area (Å²) in [6, 6.07) is 0. The maximum Gasteiger partial charge on any atom is 0.509 e. The van der Waals surface area contributed by atoms with Gasteiger partial charge in [0.25, 0.3) is 0 Å². The highest BCUT2D eigenvalue weighted by atomic mass is 28.4. The fourth-order valence-electron chi connectivity index (χ4n) is 1.00. The normalized spacial score (nSPS) is 13.6. The summed E-state index contributed by atoms with van der Waals surface area (Å²) in [5.41, 5.74) is -0.522. The van der Waals surface area contributed by atoms with Crippen LogP contribution in [0.2, 0.25) is 18.1 Å². The Bertz CT molecular complexity index is 335. The van der Waals surface area contributed by atoms with Gasteiger partial charge in [-0.15, -0.1) is 0 Å². The third-order valence-electron chi connectivity index (χ3n) is 3.20. The van der Waals surface area contributed by atoms with Gasteiger partial charge in [0.2, 0.25) is 0 Å². The second kappa shape index (κ2) is 7.27. The van der Waals surface area contributed by atoms with Crippen molar-refractivity contribution in [2.75, 3.05) is 13.2 Å². The first-order chi connectivity index (χ1) is 8.85. The van der Waals surface area contributed by atoms with E-state index in [1.807, 2.05) is 6.08 Å². The minimum absolute atomic E-state index is 0.202. The van der Waals surface area contributed by atoms with Gasteiger partial charge >= 0.3 is 6.16 Å². The molecule has 0 unspecified atom stereocenters. The van der Waals surface area contributed by atoms with E-state index >= 15 is 0 Å². The molecule has 0 saturated carbocycles. The van der Waals surface area contributed by atoms with E-state index in [2.05, 4.69) is 33.9 Å². The summed E-state index contributed by atoms with van der Waals surface area (Å²) in [7, 11) is -1.70. The Morgan fingerprint density at radius 3 is 1.95 bits per heavy atom. The molecule has 0 amide bonds. The van der Waals surface area contributed by atoms with Crippen molar-refractivity contribution in [2.24, 2.45) is 0 Å². The molecule has 0 fully saturated rings. The monoisotopic (exact) mass is 302 g/mol. The lowest BCUT2D eigenvalue weighted by Crippen LogP contribution is -2.40. The van der Waals surface area contributed by atoms with Crippen molar-refractivity contribution >= 4 is 14.5 Å². The van der Waals surface area contributed by atoms with E-state index < -0.39 is 20.1 Å². The highest BCUT2D eigenvalue weighted by molar-refractivity contribution is 6.74. The van der Waals surface area contributed by atoms with Crippen LogP contribution in [0.25, 0.3) is 0 Å². The molecular formula is C15H30O4Si. The van der Waals surface area contributed by atoms with Crippen LogP contribution >= 0.6 is 0 Å². The number of hydrogen-bond acceptors (Lipinski definition) is 4. The molecule has 0 heterocycles. The molecule has 4 nitrogen and oxygen atoms in total. The molecule has 20 heavy (non-hydrogen) atoms. The highest BCUT2D eigenvalue weighted by Crippen LogP contribution is 2.36. The Hall–Kier alpha value is -0.813. The standard InChI is InChI=1S/C15H30O4Si/c1-14(2,3)19-13(16)17-11-9-10-12-18-20(7,8)15(4,5)6/h9-10H,11-12H2,1-8H3/b10-9-. The molecule has 0 rings (SSSR count). The van der Waals surface area contributed by atoms with E-state index in [0.29, 0.717) is 6.61 Å². The Balaban J connectivity index is 3.92. The van der Waals surface area contributed by atoms with E-state index in [1.165, 1.54) is 0 Å². The minimum atomic E-state index is -1.70. The van der Waals surface area contributed by atoms with Gasteiger partial charge in [-0.05, 0) is 45.0 Å². The van der Waals surface area contributed by atoms with Gasteiger partial charge in [0.15, 0.2) is 8.32 Å². The lowest BCUT2D eigenvalue weighted by molar-refractivity contribution is -0.00245. The van der Waals surface area contributed by atoms with Crippen molar-refractivity contribution in [1.82, 2.24) is 0 Å². The summed E-state index contributed by atoms with van der Waals surface area (Å²) < 4.78 is 15.9. The van der Waals surface area contributed by atoms with Gasteiger partial charge in [-0.1, -0.05) is 26.8 Å². The van der Waals surface area contributed by atoms with Gasteiger partial charge in [0.05, 0.1) is 6.61 Å². The number of carbonyl (C=O) groups excluding carboxylic acids is 1. The topological polar surface area (TPSA) is 44.8 Å². The summed E-state index contributed by atoms with van der Waals surface area (Å²) >= 11 is 0. The van der Waals surface area contributed by atoms with Gasteiger partial charge in [-0.25, -0.2) is 4.79 Å². The third kappa shape index (κ3) is 8.38. The van der Waals surface area contributed by atoms with Crippen LogP contribution in [0.3, 0.4) is 0 Å². The number of ether oxygens (including phenoxy) is 2. The summed E-state index contributed by atoms with van der Waals surface area (Å²) in [4.78, 5) is 11.3. The molecule has 0 aromatic carbocycles. The number of carbonyl (C=O) groups is 1. The maximum absolute atomic E-state index is 11.3. The van der Waals surface area contributed by atoms with Crippen molar-refractivity contribution in [2.45, 2.75) is 65.3 Å². The zero-order valence-electron chi connectivity index (χ0n) is 14.2. The Kier molecular flexibility index (Phi) is 6.97.